The van der Waals surface area contributed by atoms with Crippen LogP contribution in [0.3, 0.4) is 0 Å². The quantitative estimate of drug-likeness (QED) is 0.621. The van der Waals surface area contributed by atoms with E-state index in [0.29, 0.717) is 11.9 Å². The second-order valence-corrected chi connectivity index (χ2v) is 5.70. The van der Waals surface area contributed by atoms with Crippen LogP contribution in [0.2, 0.25) is 0 Å². The first-order valence-electron chi connectivity index (χ1n) is 6.28. The van der Waals surface area contributed by atoms with Crippen molar-refractivity contribution in [3.05, 3.63) is 29.8 Å². The highest BCUT2D eigenvalue weighted by Crippen LogP contribution is 2.27. The molecule has 0 bridgehead atoms. The number of hydrogen-bond acceptors (Lipinski definition) is 2. The molecule has 1 aromatic carbocycles. The van der Waals surface area contributed by atoms with E-state index in [9.17, 15) is 4.79 Å². The van der Waals surface area contributed by atoms with E-state index in [4.69, 9.17) is 11.6 Å². The van der Waals surface area contributed by atoms with Gasteiger partial charge in [0, 0.05) is 23.4 Å². The molecule has 1 aromatic rings. The van der Waals surface area contributed by atoms with Gasteiger partial charge in [-0.05, 0) is 37.7 Å². The van der Waals surface area contributed by atoms with E-state index in [0.717, 1.165) is 36.3 Å². The van der Waals surface area contributed by atoms with E-state index in [-0.39, 0.29) is 5.91 Å². The third-order valence-electron chi connectivity index (χ3n) is 3.42. The lowest BCUT2D eigenvalue weighted by Crippen LogP contribution is -2.36. The second-order valence-electron chi connectivity index (χ2n) is 4.47. The van der Waals surface area contributed by atoms with E-state index >= 15 is 0 Å². The smallest absolute Gasteiger partial charge is 0.255 e. The van der Waals surface area contributed by atoms with Crippen LogP contribution in [0.1, 0.15) is 29.6 Å². The second kappa shape index (κ2) is 6.48. The molecule has 1 fully saturated rings. The third-order valence-corrected chi connectivity index (χ3v) is 4.43. The van der Waals surface area contributed by atoms with Crippen molar-refractivity contribution >= 4 is 29.3 Å². The molecule has 0 N–H and O–H groups in total. The molecule has 0 saturated carbocycles. The average Bonchev–Trinajstić information content (AvgIpc) is 2.86. The standard InChI is InChI=1S/C14H18ClNOS/c1-18-13-7-3-2-6-12(13)14(17)16-10-4-5-11(16)8-9-15/h2-3,6-7,11H,4-5,8-10H2,1H3. The lowest BCUT2D eigenvalue weighted by molar-refractivity contribution is 0.0731. The predicted octanol–water partition coefficient (Wildman–Crippen LogP) is 3.64. The van der Waals surface area contributed by atoms with Crippen molar-refractivity contribution in [2.45, 2.75) is 30.2 Å². The van der Waals surface area contributed by atoms with Crippen LogP contribution in [0.15, 0.2) is 29.2 Å². The Kier molecular flexibility index (Phi) is 4.95. The summed E-state index contributed by atoms with van der Waals surface area (Å²) in [5.74, 6) is 0.783. The Morgan fingerprint density at radius 3 is 3.00 bits per heavy atom. The zero-order chi connectivity index (χ0) is 13.0. The first-order valence-corrected chi connectivity index (χ1v) is 8.03. The van der Waals surface area contributed by atoms with Crippen molar-refractivity contribution in [3.8, 4) is 0 Å². The van der Waals surface area contributed by atoms with E-state index in [1.165, 1.54) is 0 Å². The van der Waals surface area contributed by atoms with Gasteiger partial charge in [-0.2, -0.15) is 0 Å². The summed E-state index contributed by atoms with van der Waals surface area (Å²) in [5.41, 5.74) is 0.825. The molecule has 2 nitrogen and oxygen atoms in total. The van der Waals surface area contributed by atoms with Crippen molar-refractivity contribution in [1.82, 2.24) is 4.90 Å². The number of carbonyl (C=O) groups is 1. The monoisotopic (exact) mass is 283 g/mol. The number of rotatable bonds is 4. The molecule has 1 atom stereocenters. The SMILES string of the molecule is CSc1ccccc1C(=O)N1CCCC1CCCl. The molecular weight excluding hydrogens is 266 g/mol. The van der Waals surface area contributed by atoms with Crippen molar-refractivity contribution in [2.24, 2.45) is 0 Å². The summed E-state index contributed by atoms with van der Waals surface area (Å²) in [6.07, 6.45) is 5.08. The Morgan fingerprint density at radius 2 is 2.28 bits per heavy atom. The lowest BCUT2D eigenvalue weighted by atomic mass is 10.1. The van der Waals surface area contributed by atoms with Gasteiger partial charge in [-0.15, -0.1) is 23.4 Å². The molecular formula is C14H18ClNOS. The number of nitrogens with zero attached hydrogens (tertiary/aromatic N) is 1. The molecule has 1 unspecified atom stereocenters. The van der Waals surface area contributed by atoms with Gasteiger partial charge in [0.1, 0.15) is 0 Å². The Morgan fingerprint density at radius 1 is 1.50 bits per heavy atom. The van der Waals surface area contributed by atoms with E-state index < -0.39 is 0 Å². The van der Waals surface area contributed by atoms with Gasteiger partial charge in [-0.3, -0.25) is 4.79 Å². The zero-order valence-electron chi connectivity index (χ0n) is 10.6. The molecule has 2 rings (SSSR count). The molecule has 1 aliphatic heterocycles. The van der Waals surface area contributed by atoms with E-state index in [1.807, 2.05) is 35.4 Å². The highest BCUT2D eigenvalue weighted by molar-refractivity contribution is 7.98. The van der Waals surface area contributed by atoms with Crippen LogP contribution in [0.25, 0.3) is 0 Å². The van der Waals surface area contributed by atoms with Crippen molar-refractivity contribution in [3.63, 3.8) is 0 Å². The molecule has 0 aromatic heterocycles. The fraction of sp³-hybridized carbons (Fsp3) is 0.500. The Bertz CT molecular complexity index is 424. The summed E-state index contributed by atoms with van der Waals surface area (Å²) in [6, 6.07) is 8.15. The normalized spacial score (nSPS) is 19.2. The lowest BCUT2D eigenvalue weighted by Gasteiger charge is -2.25. The molecule has 1 heterocycles. The fourth-order valence-corrected chi connectivity index (χ4v) is 3.35. The van der Waals surface area contributed by atoms with Gasteiger partial charge in [-0.1, -0.05) is 12.1 Å². The van der Waals surface area contributed by atoms with Gasteiger partial charge in [0.2, 0.25) is 0 Å². The molecule has 1 saturated heterocycles. The highest BCUT2D eigenvalue weighted by atomic mass is 35.5. The number of thioether (sulfide) groups is 1. The number of carbonyl (C=O) groups excluding carboxylic acids is 1. The molecule has 0 spiro atoms. The van der Waals surface area contributed by atoms with Gasteiger partial charge in [0.25, 0.3) is 5.91 Å². The zero-order valence-corrected chi connectivity index (χ0v) is 12.1. The number of alkyl halides is 1. The van der Waals surface area contributed by atoms with Gasteiger partial charge in [-0.25, -0.2) is 0 Å². The Labute approximate surface area is 118 Å². The van der Waals surface area contributed by atoms with Crippen molar-refractivity contribution < 1.29 is 4.79 Å². The van der Waals surface area contributed by atoms with Gasteiger partial charge in [0.05, 0.1) is 5.56 Å². The first-order chi connectivity index (χ1) is 8.77. The minimum absolute atomic E-state index is 0.160. The average molecular weight is 284 g/mol. The summed E-state index contributed by atoms with van der Waals surface area (Å²) in [4.78, 5) is 15.6. The molecule has 0 aliphatic carbocycles. The first kappa shape index (κ1) is 13.8. The minimum atomic E-state index is 0.160. The van der Waals surface area contributed by atoms with Gasteiger partial charge in [0.15, 0.2) is 0 Å². The molecule has 4 heteroatoms. The van der Waals surface area contributed by atoms with Crippen LogP contribution >= 0.6 is 23.4 Å². The minimum Gasteiger partial charge on any atom is -0.336 e. The Balaban J connectivity index is 2.20. The fourth-order valence-electron chi connectivity index (χ4n) is 2.51. The van der Waals surface area contributed by atoms with E-state index in [2.05, 4.69) is 0 Å². The third kappa shape index (κ3) is 2.83. The van der Waals surface area contributed by atoms with Crippen LogP contribution in [0, 0.1) is 0 Å². The maximum absolute atomic E-state index is 12.6. The van der Waals surface area contributed by atoms with Crippen molar-refractivity contribution in [2.75, 3.05) is 18.7 Å². The molecule has 1 aliphatic rings. The molecule has 18 heavy (non-hydrogen) atoms. The summed E-state index contributed by atoms with van der Waals surface area (Å²) >= 11 is 7.44. The van der Waals surface area contributed by atoms with Crippen LogP contribution in [-0.2, 0) is 0 Å². The van der Waals surface area contributed by atoms with Crippen LogP contribution in [0.4, 0.5) is 0 Å². The van der Waals surface area contributed by atoms with Crippen LogP contribution in [-0.4, -0.2) is 35.5 Å². The number of amides is 1. The predicted molar refractivity (Wildman–Crippen MR) is 77.6 cm³/mol. The summed E-state index contributed by atoms with van der Waals surface area (Å²) in [6.45, 7) is 0.864. The maximum Gasteiger partial charge on any atom is 0.255 e. The topological polar surface area (TPSA) is 20.3 Å². The van der Waals surface area contributed by atoms with Gasteiger partial charge >= 0.3 is 0 Å². The number of benzene rings is 1. The number of hydrogen-bond donors (Lipinski definition) is 0. The number of likely N-dealkylation sites (tertiary alicyclic amines) is 1. The number of halogens is 1. The summed E-state index contributed by atoms with van der Waals surface area (Å²) < 4.78 is 0. The molecule has 1 amide bonds. The maximum atomic E-state index is 12.6. The Hall–Kier alpha value is -0.670. The summed E-state index contributed by atoms with van der Waals surface area (Å²) in [7, 11) is 0. The van der Waals surface area contributed by atoms with Crippen LogP contribution < -0.4 is 0 Å². The van der Waals surface area contributed by atoms with E-state index in [1.54, 1.807) is 11.8 Å². The van der Waals surface area contributed by atoms with Crippen LogP contribution in [0.5, 0.6) is 0 Å². The summed E-state index contributed by atoms with van der Waals surface area (Å²) in [5, 5.41) is 0. The largest absolute Gasteiger partial charge is 0.336 e. The molecule has 98 valence electrons. The highest BCUT2D eigenvalue weighted by Gasteiger charge is 2.29. The van der Waals surface area contributed by atoms with Crippen molar-refractivity contribution in [1.29, 1.82) is 0 Å². The van der Waals surface area contributed by atoms with Gasteiger partial charge < -0.3 is 4.90 Å². The molecule has 0 radical (unpaired) electrons.